The van der Waals surface area contributed by atoms with Gasteiger partial charge in [-0.15, -0.1) is 0 Å². The van der Waals surface area contributed by atoms with Gasteiger partial charge in [0.15, 0.2) is 0 Å². The van der Waals surface area contributed by atoms with Crippen molar-refractivity contribution in [2.75, 3.05) is 0 Å². The van der Waals surface area contributed by atoms with Crippen molar-refractivity contribution in [3.05, 3.63) is 93.6 Å². The second kappa shape index (κ2) is 7.70. The van der Waals surface area contributed by atoms with Crippen LogP contribution in [0.25, 0.3) is 57.5 Å². The van der Waals surface area contributed by atoms with Gasteiger partial charge < -0.3 is 9.97 Å². The summed E-state index contributed by atoms with van der Waals surface area (Å²) in [5.41, 5.74) is 15.0. The Balaban J connectivity index is 1.82. The highest BCUT2D eigenvalue weighted by atomic mass is 14.8. The zero-order chi connectivity index (χ0) is 23.4. The number of hydrogen-bond acceptors (Lipinski definition) is 2. The number of hydrogen-bond donors (Lipinski definition) is 2. The Bertz CT molecular complexity index is 1680. The summed E-state index contributed by atoms with van der Waals surface area (Å²) in [6.45, 7) is 8.53. The Morgan fingerprint density at radius 1 is 0.559 bits per heavy atom. The summed E-state index contributed by atoms with van der Waals surface area (Å²) in [5, 5.41) is 0. The molecule has 4 aromatic rings. The molecule has 6 rings (SSSR count). The van der Waals surface area contributed by atoms with Gasteiger partial charge in [0, 0.05) is 27.6 Å². The minimum Gasteiger partial charge on any atom is -0.355 e. The summed E-state index contributed by atoms with van der Waals surface area (Å²) in [6.07, 6.45) is 8.45. The van der Waals surface area contributed by atoms with Crippen LogP contribution in [-0.2, 0) is 0 Å². The van der Waals surface area contributed by atoms with Crippen molar-refractivity contribution < 1.29 is 0 Å². The molecule has 8 bridgehead atoms. The molecule has 0 unspecified atom stereocenters. The van der Waals surface area contributed by atoms with Gasteiger partial charge in [-0.2, -0.15) is 0 Å². The fourth-order valence-electron chi connectivity index (χ4n) is 4.86. The Morgan fingerprint density at radius 3 is 1.76 bits per heavy atom. The number of benzene rings is 1. The lowest BCUT2D eigenvalue weighted by molar-refractivity contribution is 1.24. The van der Waals surface area contributed by atoms with Gasteiger partial charge >= 0.3 is 0 Å². The molecule has 34 heavy (non-hydrogen) atoms. The fourth-order valence-corrected chi connectivity index (χ4v) is 4.86. The number of nitrogens with zero attached hydrogens (tertiary/aromatic N) is 2. The molecule has 3 aromatic heterocycles. The molecule has 1 aromatic carbocycles. The van der Waals surface area contributed by atoms with Crippen LogP contribution >= 0.6 is 0 Å². The molecule has 0 radical (unpaired) electrons. The van der Waals surface area contributed by atoms with Crippen LogP contribution in [0.3, 0.4) is 0 Å². The molecule has 0 atom stereocenters. The average Bonchev–Trinajstić information content (AvgIpc) is 3.65. The zero-order valence-electron chi connectivity index (χ0n) is 19.8. The second-order valence-electron chi connectivity index (χ2n) is 9.07. The molecule has 0 spiro atoms. The van der Waals surface area contributed by atoms with Crippen molar-refractivity contribution in [3.8, 4) is 11.1 Å². The number of aromatic amines is 2. The highest BCUT2D eigenvalue weighted by Crippen LogP contribution is 2.32. The Kier molecular flexibility index (Phi) is 4.63. The predicted octanol–water partition coefficient (Wildman–Crippen LogP) is 7.56. The third kappa shape index (κ3) is 3.22. The van der Waals surface area contributed by atoms with E-state index < -0.39 is 0 Å². The molecular formula is C30H26N4. The largest absolute Gasteiger partial charge is 0.355 e. The fraction of sp³-hybridized carbons (Fsp3) is 0.133. The van der Waals surface area contributed by atoms with Crippen molar-refractivity contribution in [1.29, 1.82) is 0 Å². The molecule has 0 aliphatic carbocycles. The van der Waals surface area contributed by atoms with Crippen molar-refractivity contribution in [2.45, 2.75) is 27.7 Å². The van der Waals surface area contributed by atoms with E-state index in [1.807, 2.05) is 6.07 Å². The SMILES string of the molecule is Cc1c2nc(c(-c3ccccc3)c3cc(C)c([nH]3)c(C)c3nc(c(C)c4ccc1[nH]4)C=C3)C=C2. The molecule has 4 nitrogen and oxygen atoms in total. The third-order valence-electron chi connectivity index (χ3n) is 6.90. The first-order valence-electron chi connectivity index (χ1n) is 11.6. The van der Waals surface area contributed by atoms with Crippen LogP contribution in [0.4, 0.5) is 0 Å². The molecule has 2 aliphatic heterocycles. The van der Waals surface area contributed by atoms with E-state index in [0.717, 1.165) is 72.7 Å². The normalized spacial score (nSPS) is 12.5. The van der Waals surface area contributed by atoms with E-state index in [9.17, 15) is 0 Å². The maximum atomic E-state index is 5.08. The van der Waals surface area contributed by atoms with E-state index in [1.54, 1.807) is 0 Å². The van der Waals surface area contributed by atoms with E-state index >= 15 is 0 Å². The van der Waals surface area contributed by atoms with E-state index in [-0.39, 0.29) is 0 Å². The number of fused-ring (bicyclic) bond motifs is 8. The van der Waals surface area contributed by atoms with E-state index in [2.05, 4.69) is 104 Å². The van der Waals surface area contributed by atoms with Crippen molar-refractivity contribution >= 4 is 46.4 Å². The van der Waals surface area contributed by atoms with Crippen LogP contribution in [0.1, 0.15) is 45.0 Å². The van der Waals surface area contributed by atoms with E-state index in [1.165, 1.54) is 5.56 Å². The number of rotatable bonds is 1. The van der Waals surface area contributed by atoms with Gasteiger partial charge in [-0.3, -0.25) is 0 Å². The number of H-pyrrole nitrogens is 2. The molecule has 0 saturated carbocycles. The van der Waals surface area contributed by atoms with Crippen LogP contribution in [0.2, 0.25) is 0 Å². The lowest BCUT2D eigenvalue weighted by atomic mass is 10.0. The molecule has 0 amide bonds. The Labute approximate surface area is 198 Å². The zero-order valence-corrected chi connectivity index (χ0v) is 19.8. The van der Waals surface area contributed by atoms with E-state index in [0.29, 0.717) is 0 Å². The maximum Gasteiger partial charge on any atom is 0.0737 e. The number of aromatic nitrogens is 4. The summed E-state index contributed by atoms with van der Waals surface area (Å²) < 4.78 is 0. The van der Waals surface area contributed by atoms with Crippen LogP contribution in [-0.4, -0.2) is 19.9 Å². The minimum absolute atomic E-state index is 0.960. The van der Waals surface area contributed by atoms with Gasteiger partial charge in [-0.05, 0) is 98.0 Å². The van der Waals surface area contributed by atoms with Crippen molar-refractivity contribution in [3.63, 3.8) is 0 Å². The lowest BCUT2D eigenvalue weighted by Crippen LogP contribution is -1.87. The van der Waals surface area contributed by atoms with Crippen molar-refractivity contribution in [2.24, 2.45) is 0 Å². The first-order valence-corrected chi connectivity index (χ1v) is 11.6. The molecule has 166 valence electrons. The van der Waals surface area contributed by atoms with Crippen LogP contribution in [0, 0.1) is 27.7 Å². The molecular weight excluding hydrogens is 416 g/mol. The van der Waals surface area contributed by atoms with Crippen LogP contribution in [0.5, 0.6) is 0 Å². The van der Waals surface area contributed by atoms with Gasteiger partial charge in [0.05, 0.1) is 22.8 Å². The van der Waals surface area contributed by atoms with Crippen LogP contribution < -0.4 is 0 Å². The Hall–Kier alpha value is -4.18. The summed E-state index contributed by atoms with van der Waals surface area (Å²) in [6, 6.07) is 17.0. The third-order valence-corrected chi connectivity index (χ3v) is 6.90. The van der Waals surface area contributed by atoms with Crippen LogP contribution in [0.15, 0.2) is 48.5 Å². The molecule has 5 heterocycles. The minimum atomic E-state index is 0.960. The second-order valence-corrected chi connectivity index (χ2v) is 9.07. The quantitative estimate of drug-likeness (QED) is 0.276. The maximum absolute atomic E-state index is 5.08. The van der Waals surface area contributed by atoms with Gasteiger partial charge in [-0.1, -0.05) is 30.3 Å². The monoisotopic (exact) mass is 442 g/mol. The van der Waals surface area contributed by atoms with Gasteiger partial charge in [0.25, 0.3) is 0 Å². The highest BCUT2D eigenvalue weighted by molar-refractivity contribution is 5.92. The average molecular weight is 443 g/mol. The first-order chi connectivity index (χ1) is 16.5. The standard InChI is InChI=1S/C30H26N4/c1-17-16-28-29(21-8-6-5-7-9-21)27-15-14-25(33-27)19(3)23-11-10-22(31-23)18(2)24-12-13-26(32-24)20(4)30(17)34-28/h5-16,31,34H,1-4H3. The number of nitrogens with one attached hydrogen (secondary N) is 2. The molecule has 2 N–H and O–H groups in total. The van der Waals surface area contributed by atoms with Gasteiger partial charge in [0.1, 0.15) is 0 Å². The summed E-state index contributed by atoms with van der Waals surface area (Å²) in [7, 11) is 0. The van der Waals surface area contributed by atoms with Gasteiger partial charge in [0.2, 0.25) is 0 Å². The van der Waals surface area contributed by atoms with Gasteiger partial charge in [-0.25, -0.2) is 9.97 Å². The lowest BCUT2D eigenvalue weighted by Gasteiger charge is -2.03. The van der Waals surface area contributed by atoms with E-state index in [4.69, 9.17) is 9.97 Å². The smallest absolute Gasteiger partial charge is 0.0737 e. The topological polar surface area (TPSA) is 57.4 Å². The molecule has 4 heteroatoms. The molecule has 2 aliphatic rings. The molecule has 0 saturated heterocycles. The Morgan fingerprint density at radius 2 is 1.12 bits per heavy atom. The van der Waals surface area contributed by atoms with Crippen molar-refractivity contribution in [1.82, 2.24) is 19.9 Å². The molecule has 0 fully saturated rings. The predicted molar refractivity (Wildman–Crippen MR) is 143 cm³/mol. The summed E-state index contributed by atoms with van der Waals surface area (Å²) in [4.78, 5) is 17.4. The summed E-state index contributed by atoms with van der Waals surface area (Å²) in [5.74, 6) is 0. The first kappa shape index (κ1) is 20.4. The highest BCUT2D eigenvalue weighted by Gasteiger charge is 2.14. The summed E-state index contributed by atoms with van der Waals surface area (Å²) >= 11 is 0. The number of aryl methyl sites for hydroxylation is 4.